The Kier molecular flexibility index (Phi) is 4.64. The number of rotatable bonds is 5. The van der Waals surface area contributed by atoms with Gasteiger partial charge in [-0.1, -0.05) is 30.3 Å². The van der Waals surface area contributed by atoms with Gasteiger partial charge in [-0.3, -0.25) is 10.1 Å². The summed E-state index contributed by atoms with van der Waals surface area (Å²) >= 11 is 0. The minimum absolute atomic E-state index is 0.0763. The zero-order valence-electron chi connectivity index (χ0n) is 13.0. The summed E-state index contributed by atoms with van der Waals surface area (Å²) in [7, 11) is -3.64. The monoisotopic (exact) mass is 346 g/mol. The van der Waals surface area contributed by atoms with Gasteiger partial charge in [-0.15, -0.1) is 0 Å². The van der Waals surface area contributed by atoms with Gasteiger partial charge in [0, 0.05) is 24.7 Å². The minimum atomic E-state index is -3.64. The van der Waals surface area contributed by atoms with Crippen molar-refractivity contribution in [2.45, 2.75) is 30.2 Å². The van der Waals surface area contributed by atoms with E-state index in [1.165, 1.54) is 28.6 Å². The lowest BCUT2D eigenvalue weighted by Crippen LogP contribution is -2.36. The van der Waals surface area contributed by atoms with Gasteiger partial charge in [0.1, 0.15) is 0 Å². The van der Waals surface area contributed by atoms with Crippen LogP contribution in [0, 0.1) is 10.1 Å². The Hall–Kier alpha value is -2.25. The maximum atomic E-state index is 12.9. The molecule has 1 aliphatic rings. The molecule has 1 atom stereocenters. The molecule has 1 aliphatic heterocycles. The third kappa shape index (κ3) is 3.32. The molecule has 7 heteroatoms. The van der Waals surface area contributed by atoms with Crippen LogP contribution in [0.15, 0.2) is 59.5 Å². The van der Waals surface area contributed by atoms with E-state index >= 15 is 0 Å². The fraction of sp³-hybridized carbons (Fsp3) is 0.294. The molecule has 0 bridgehead atoms. The highest BCUT2D eigenvalue weighted by atomic mass is 32.2. The Labute approximate surface area is 140 Å². The SMILES string of the molecule is O=[N+]([O-])c1ccc(S(=O)(=O)N2CCCC2Cc2ccccc2)cc1. The maximum absolute atomic E-state index is 12.9. The number of nitrogens with zero attached hydrogens (tertiary/aromatic N) is 2. The highest BCUT2D eigenvalue weighted by molar-refractivity contribution is 7.89. The van der Waals surface area contributed by atoms with Gasteiger partial charge in [0.05, 0.1) is 9.82 Å². The lowest BCUT2D eigenvalue weighted by atomic mass is 10.1. The molecule has 1 fully saturated rings. The summed E-state index contributed by atoms with van der Waals surface area (Å²) in [5, 5.41) is 10.7. The van der Waals surface area contributed by atoms with Crippen molar-refractivity contribution >= 4 is 15.7 Å². The molecule has 0 amide bonds. The van der Waals surface area contributed by atoms with Gasteiger partial charge in [0.25, 0.3) is 5.69 Å². The number of benzene rings is 2. The molecule has 0 aliphatic carbocycles. The molecule has 0 aromatic heterocycles. The summed E-state index contributed by atoms with van der Waals surface area (Å²) in [6.07, 6.45) is 2.32. The summed E-state index contributed by atoms with van der Waals surface area (Å²) < 4.78 is 27.3. The van der Waals surface area contributed by atoms with Crippen LogP contribution in [-0.4, -0.2) is 30.2 Å². The Morgan fingerprint density at radius 2 is 1.75 bits per heavy atom. The van der Waals surface area contributed by atoms with Crippen LogP contribution < -0.4 is 0 Å². The van der Waals surface area contributed by atoms with Gasteiger partial charge in [-0.2, -0.15) is 4.31 Å². The van der Waals surface area contributed by atoms with Crippen molar-refractivity contribution in [2.75, 3.05) is 6.54 Å². The van der Waals surface area contributed by atoms with Crippen LogP contribution in [0.1, 0.15) is 18.4 Å². The molecule has 0 spiro atoms. The van der Waals surface area contributed by atoms with Crippen molar-refractivity contribution in [2.24, 2.45) is 0 Å². The molecule has 1 unspecified atom stereocenters. The first-order valence-electron chi connectivity index (χ1n) is 7.79. The van der Waals surface area contributed by atoms with Crippen LogP contribution >= 0.6 is 0 Å². The smallest absolute Gasteiger partial charge is 0.258 e. The van der Waals surface area contributed by atoms with E-state index in [0.29, 0.717) is 13.0 Å². The van der Waals surface area contributed by atoms with Crippen molar-refractivity contribution < 1.29 is 13.3 Å². The van der Waals surface area contributed by atoms with E-state index in [2.05, 4.69) is 0 Å². The molecular formula is C17H18N2O4S. The zero-order valence-corrected chi connectivity index (χ0v) is 13.9. The largest absolute Gasteiger partial charge is 0.269 e. The first-order valence-corrected chi connectivity index (χ1v) is 9.23. The first-order chi connectivity index (χ1) is 11.5. The van der Waals surface area contributed by atoms with E-state index < -0.39 is 14.9 Å². The Morgan fingerprint density at radius 3 is 2.38 bits per heavy atom. The lowest BCUT2D eigenvalue weighted by Gasteiger charge is -2.24. The first kappa shape index (κ1) is 16.6. The van der Waals surface area contributed by atoms with Crippen LogP contribution in [0.25, 0.3) is 0 Å². The predicted molar refractivity (Wildman–Crippen MR) is 90.2 cm³/mol. The highest BCUT2D eigenvalue weighted by Gasteiger charge is 2.35. The summed E-state index contributed by atoms with van der Waals surface area (Å²) in [5.74, 6) is 0. The van der Waals surface area contributed by atoms with Gasteiger partial charge in [0.2, 0.25) is 10.0 Å². The van der Waals surface area contributed by atoms with Gasteiger partial charge in [0.15, 0.2) is 0 Å². The lowest BCUT2D eigenvalue weighted by molar-refractivity contribution is -0.384. The fourth-order valence-electron chi connectivity index (χ4n) is 3.09. The second-order valence-corrected chi connectivity index (χ2v) is 7.74. The van der Waals surface area contributed by atoms with Crippen molar-refractivity contribution in [1.82, 2.24) is 4.31 Å². The standard InChI is InChI=1S/C17H18N2O4S/c20-19(21)15-8-10-17(11-9-15)24(22,23)18-12-4-7-16(18)13-14-5-2-1-3-6-14/h1-3,5-6,8-11,16H,4,7,12-13H2. The molecule has 1 saturated heterocycles. The number of nitro benzene ring substituents is 1. The molecule has 24 heavy (non-hydrogen) atoms. The van der Waals surface area contributed by atoms with E-state index in [1.54, 1.807) is 0 Å². The van der Waals surface area contributed by atoms with E-state index in [1.807, 2.05) is 30.3 Å². The summed E-state index contributed by atoms with van der Waals surface area (Å²) in [5.41, 5.74) is 0.990. The minimum Gasteiger partial charge on any atom is -0.258 e. The summed E-state index contributed by atoms with van der Waals surface area (Å²) in [4.78, 5) is 10.3. The molecular weight excluding hydrogens is 328 g/mol. The van der Waals surface area contributed by atoms with Gasteiger partial charge in [-0.25, -0.2) is 8.42 Å². The van der Waals surface area contributed by atoms with Gasteiger partial charge < -0.3 is 0 Å². The van der Waals surface area contributed by atoms with Crippen LogP contribution in [0.3, 0.4) is 0 Å². The number of nitro groups is 1. The zero-order chi connectivity index (χ0) is 17.2. The Bertz CT molecular complexity index is 819. The van der Waals surface area contributed by atoms with Crippen molar-refractivity contribution in [3.8, 4) is 0 Å². The topological polar surface area (TPSA) is 80.5 Å². The molecule has 0 saturated carbocycles. The molecule has 126 valence electrons. The molecule has 2 aromatic rings. The van der Waals surface area contributed by atoms with E-state index in [4.69, 9.17) is 0 Å². The van der Waals surface area contributed by atoms with Crippen molar-refractivity contribution in [3.05, 3.63) is 70.3 Å². The van der Waals surface area contributed by atoms with Crippen molar-refractivity contribution in [3.63, 3.8) is 0 Å². The van der Waals surface area contributed by atoms with Gasteiger partial charge in [-0.05, 0) is 37.0 Å². The maximum Gasteiger partial charge on any atom is 0.269 e. The van der Waals surface area contributed by atoms with Crippen LogP contribution in [0.2, 0.25) is 0 Å². The van der Waals surface area contributed by atoms with E-state index in [-0.39, 0.29) is 16.6 Å². The number of non-ortho nitro benzene ring substituents is 1. The fourth-order valence-corrected chi connectivity index (χ4v) is 4.78. The average Bonchev–Trinajstić information content (AvgIpc) is 3.05. The third-order valence-electron chi connectivity index (χ3n) is 4.29. The second kappa shape index (κ2) is 6.70. The predicted octanol–water partition coefficient (Wildman–Crippen LogP) is 2.99. The summed E-state index contributed by atoms with van der Waals surface area (Å²) in [6, 6.07) is 14.8. The molecule has 6 nitrogen and oxygen atoms in total. The third-order valence-corrected chi connectivity index (χ3v) is 6.26. The number of sulfonamides is 1. The molecule has 1 heterocycles. The van der Waals surface area contributed by atoms with Crippen LogP contribution in [0.4, 0.5) is 5.69 Å². The molecule has 2 aromatic carbocycles. The second-order valence-electron chi connectivity index (χ2n) is 5.85. The van der Waals surface area contributed by atoms with E-state index in [9.17, 15) is 18.5 Å². The molecule has 3 rings (SSSR count). The highest BCUT2D eigenvalue weighted by Crippen LogP contribution is 2.29. The normalized spacial score (nSPS) is 18.6. The van der Waals surface area contributed by atoms with Crippen LogP contribution in [-0.2, 0) is 16.4 Å². The van der Waals surface area contributed by atoms with Gasteiger partial charge >= 0.3 is 0 Å². The quantitative estimate of drug-likeness (QED) is 0.616. The number of hydrogen-bond donors (Lipinski definition) is 0. The Morgan fingerprint density at radius 1 is 1.08 bits per heavy atom. The number of hydrogen-bond acceptors (Lipinski definition) is 4. The van der Waals surface area contributed by atoms with Crippen molar-refractivity contribution in [1.29, 1.82) is 0 Å². The molecule has 0 radical (unpaired) electrons. The van der Waals surface area contributed by atoms with E-state index in [0.717, 1.165) is 18.4 Å². The van der Waals surface area contributed by atoms with Crippen LogP contribution in [0.5, 0.6) is 0 Å². The average molecular weight is 346 g/mol. The Balaban J connectivity index is 1.83. The molecule has 0 N–H and O–H groups in total. The summed E-state index contributed by atoms with van der Waals surface area (Å²) in [6.45, 7) is 0.483.